The molecule has 0 aromatic carbocycles. The molecule has 2 N–H and O–H groups in total. The van der Waals surface area contributed by atoms with Crippen LogP contribution in [0.5, 0.6) is 0 Å². The Hall–Kier alpha value is -1.27. The number of carbonyl (C=O) groups is 1. The molecule has 0 unspecified atom stereocenters. The van der Waals surface area contributed by atoms with Crippen molar-refractivity contribution in [1.29, 1.82) is 0 Å². The van der Waals surface area contributed by atoms with Crippen molar-refractivity contribution in [3.05, 3.63) is 10.9 Å². The molecule has 2 rings (SSSR count). The van der Waals surface area contributed by atoms with E-state index in [1.165, 1.54) is 11.3 Å². The summed E-state index contributed by atoms with van der Waals surface area (Å²) < 4.78 is 0. The second-order valence-corrected chi connectivity index (χ2v) is 6.24. The molecule has 19 heavy (non-hydrogen) atoms. The van der Waals surface area contributed by atoms with Crippen LogP contribution in [0, 0.1) is 0 Å². The summed E-state index contributed by atoms with van der Waals surface area (Å²) in [4.78, 5) is 18.9. The van der Waals surface area contributed by atoms with Gasteiger partial charge in [0, 0.05) is 33.7 Å². The van der Waals surface area contributed by atoms with E-state index >= 15 is 0 Å². The Morgan fingerprint density at radius 2 is 2.05 bits per heavy atom. The lowest BCUT2D eigenvalue weighted by molar-refractivity contribution is 0.0833. The van der Waals surface area contributed by atoms with E-state index in [0.717, 1.165) is 37.6 Å². The van der Waals surface area contributed by atoms with E-state index in [1.54, 1.807) is 19.0 Å². The zero-order valence-electron chi connectivity index (χ0n) is 11.8. The Kier molecular flexibility index (Phi) is 4.31. The van der Waals surface area contributed by atoms with E-state index in [0.29, 0.717) is 10.6 Å². The fourth-order valence-electron chi connectivity index (χ4n) is 2.18. The number of nitrogen functional groups attached to an aromatic ring is 1. The van der Waals surface area contributed by atoms with Crippen LogP contribution < -0.4 is 10.6 Å². The molecule has 1 saturated heterocycles. The molecule has 5 nitrogen and oxygen atoms in total. The fraction of sp³-hybridized carbons (Fsp3) is 0.615. The summed E-state index contributed by atoms with van der Waals surface area (Å²) in [6.07, 6.45) is 1.14. The zero-order valence-corrected chi connectivity index (χ0v) is 12.7. The number of anilines is 2. The van der Waals surface area contributed by atoms with Gasteiger partial charge in [-0.1, -0.05) is 0 Å². The quantitative estimate of drug-likeness (QED) is 0.885. The van der Waals surface area contributed by atoms with Gasteiger partial charge in [-0.2, -0.15) is 0 Å². The third-order valence-corrected chi connectivity index (χ3v) is 4.58. The Balaban J connectivity index is 2.17. The van der Waals surface area contributed by atoms with Crippen molar-refractivity contribution >= 4 is 27.9 Å². The number of amides is 1. The summed E-state index contributed by atoms with van der Waals surface area (Å²) in [7, 11) is 5.65. The highest BCUT2D eigenvalue weighted by Crippen LogP contribution is 2.33. The molecule has 0 saturated carbocycles. The first-order valence-corrected chi connectivity index (χ1v) is 7.35. The summed E-state index contributed by atoms with van der Waals surface area (Å²) >= 11 is 1.50. The average molecular weight is 282 g/mol. The van der Waals surface area contributed by atoms with Gasteiger partial charge in [0.25, 0.3) is 5.91 Å². The van der Waals surface area contributed by atoms with Crippen molar-refractivity contribution in [3.8, 4) is 0 Å². The third kappa shape index (κ3) is 3.19. The van der Waals surface area contributed by atoms with Gasteiger partial charge < -0.3 is 20.4 Å². The topological polar surface area (TPSA) is 52.8 Å². The Labute approximate surface area is 118 Å². The average Bonchev–Trinajstić information content (AvgIpc) is 2.60. The van der Waals surface area contributed by atoms with Crippen LogP contribution in [0.2, 0.25) is 0 Å². The maximum Gasteiger partial charge on any atom is 0.265 e. The zero-order chi connectivity index (χ0) is 14.0. The molecule has 1 aliphatic heterocycles. The molecule has 1 amide bonds. The Morgan fingerprint density at radius 3 is 2.74 bits per heavy atom. The van der Waals surface area contributed by atoms with Crippen LogP contribution in [-0.2, 0) is 0 Å². The molecule has 0 spiro atoms. The molecule has 106 valence electrons. The van der Waals surface area contributed by atoms with E-state index < -0.39 is 0 Å². The molecular weight excluding hydrogens is 260 g/mol. The maximum atomic E-state index is 12.0. The Bertz CT molecular complexity index is 457. The largest absolute Gasteiger partial charge is 0.397 e. The number of rotatable bonds is 2. The molecule has 1 aromatic rings. The van der Waals surface area contributed by atoms with E-state index in [2.05, 4.69) is 16.8 Å². The van der Waals surface area contributed by atoms with Crippen molar-refractivity contribution in [2.75, 3.05) is 58.0 Å². The number of nitrogens with zero attached hydrogens (tertiary/aromatic N) is 3. The van der Waals surface area contributed by atoms with Crippen molar-refractivity contribution in [2.24, 2.45) is 0 Å². The molecule has 2 heterocycles. The molecular formula is C13H22N4OS. The van der Waals surface area contributed by atoms with Crippen molar-refractivity contribution < 1.29 is 4.79 Å². The second-order valence-electron chi connectivity index (χ2n) is 5.21. The van der Waals surface area contributed by atoms with Crippen LogP contribution >= 0.6 is 11.3 Å². The van der Waals surface area contributed by atoms with E-state index in [-0.39, 0.29) is 5.91 Å². The van der Waals surface area contributed by atoms with Crippen LogP contribution in [0.15, 0.2) is 6.07 Å². The maximum absolute atomic E-state index is 12.0. The predicted molar refractivity (Wildman–Crippen MR) is 81.1 cm³/mol. The van der Waals surface area contributed by atoms with Crippen molar-refractivity contribution in [1.82, 2.24) is 9.80 Å². The van der Waals surface area contributed by atoms with Gasteiger partial charge >= 0.3 is 0 Å². The Morgan fingerprint density at radius 1 is 1.32 bits per heavy atom. The van der Waals surface area contributed by atoms with Crippen LogP contribution in [0.3, 0.4) is 0 Å². The number of hydrogen-bond acceptors (Lipinski definition) is 5. The molecule has 1 aliphatic rings. The van der Waals surface area contributed by atoms with Gasteiger partial charge in [0.05, 0.1) is 10.7 Å². The fourth-order valence-corrected chi connectivity index (χ4v) is 3.34. The highest BCUT2D eigenvalue weighted by molar-refractivity contribution is 7.18. The van der Waals surface area contributed by atoms with Crippen LogP contribution in [0.1, 0.15) is 16.1 Å². The van der Waals surface area contributed by atoms with Crippen molar-refractivity contribution in [3.63, 3.8) is 0 Å². The molecule has 0 aliphatic carbocycles. The molecule has 1 fully saturated rings. The van der Waals surface area contributed by atoms with Gasteiger partial charge in [-0.15, -0.1) is 11.3 Å². The van der Waals surface area contributed by atoms with Gasteiger partial charge in [-0.25, -0.2) is 0 Å². The molecule has 0 bridgehead atoms. The number of hydrogen-bond donors (Lipinski definition) is 1. The summed E-state index contributed by atoms with van der Waals surface area (Å²) in [5.41, 5.74) is 6.57. The van der Waals surface area contributed by atoms with Crippen LogP contribution in [0.4, 0.5) is 10.7 Å². The molecule has 1 aromatic heterocycles. The minimum Gasteiger partial charge on any atom is -0.397 e. The number of likely N-dealkylation sites (N-methyl/N-ethyl adjacent to an activating group) is 1. The number of nitrogens with two attached hydrogens (primary N) is 1. The number of carbonyl (C=O) groups excluding carboxylic acids is 1. The highest BCUT2D eigenvalue weighted by Gasteiger charge is 2.20. The highest BCUT2D eigenvalue weighted by atomic mass is 32.1. The molecule has 6 heteroatoms. The molecule has 0 atom stereocenters. The molecule has 0 radical (unpaired) electrons. The van der Waals surface area contributed by atoms with Gasteiger partial charge in [0.15, 0.2) is 0 Å². The third-order valence-electron chi connectivity index (χ3n) is 3.38. The predicted octanol–water partition coefficient (Wildman–Crippen LogP) is 1.17. The minimum absolute atomic E-state index is 0.0133. The first-order chi connectivity index (χ1) is 8.99. The SMILES string of the molecule is CN1CCCN(c2cc(N)c(C(=O)N(C)C)s2)CC1. The first kappa shape index (κ1) is 14.1. The first-order valence-electron chi connectivity index (χ1n) is 6.53. The second kappa shape index (κ2) is 5.79. The van der Waals surface area contributed by atoms with Crippen LogP contribution in [-0.4, -0.2) is 63.0 Å². The summed E-state index contributed by atoms with van der Waals surface area (Å²) in [5, 5.41) is 1.11. The standard InChI is InChI=1S/C13H22N4OS/c1-15(2)13(18)12-10(14)9-11(19-12)17-6-4-5-16(3)7-8-17/h9H,4-8,14H2,1-3H3. The lowest BCUT2D eigenvalue weighted by atomic mass is 10.3. The van der Waals surface area contributed by atoms with Crippen molar-refractivity contribution in [2.45, 2.75) is 6.42 Å². The van der Waals surface area contributed by atoms with Gasteiger partial charge in [-0.05, 0) is 26.1 Å². The lowest BCUT2D eigenvalue weighted by Gasteiger charge is -2.20. The summed E-state index contributed by atoms with van der Waals surface area (Å²) in [5.74, 6) is -0.0133. The van der Waals surface area contributed by atoms with Gasteiger partial charge in [-0.3, -0.25) is 4.79 Å². The normalized spacial score (nSPS) is 17.3. The number of thiophene rings is 1. The smallest absolute Gasteiger partial charge is 0.265 e. The minimum atomic E-state index is -0.0133. The lowest BCUT2D eigenvalue weighted by Crippen LogP contribution is -2.28. The summed E-state index contributed by atoms with van der Waals surface area (Å²) in [6.45, 7) is 4.20. The van der Waals surface area contributed by atoms with E-state index in [4.69, 9.17) is 5.73 Å². The van der Waals surface area contributed by atoms with E-state index in [1.807, 2.05) is 6.07 Å². The summed E-state index contributed by atoms with van der Waals surface area (Å²) in [6, 6.07) is 1.94. The monoisotopic (exact) mass is 282 g/mol. The van der Waals surface area contributed by atoms with Gasteiger partial charge in [0.1, 0.15) is 4.88 Å². The van der Waals surface area contributed by atoms with Crippen LogP contribution in [0.25, 0.3) is 0 Å². The van der Waals surface area contributed by atoms with E-state index in [9.17, 15) is 4.79 Å². The van der Waals surface area contributed by atoms with Gasteiger partial charge in [0.2, 0.25) is 0 Å².